The van der Waals surface area contributed by atoms with Gasteiger partial charge in [-0.15, -0.1) is 0 Å². The Balaban J connectivity index is 1.83. The van der Waals surface area contributed by atoms with Gasteiger partial charge in [0.15, 0.2) is 5.78 Å². The Labute approximate surface area is 236 Å². The third-order valence-corrected chi connectivity index (χ3v) is 8.69. The molecule has 4 rings (SSSR count). The first-order chi connectivity index (χ1) is 18.5. The fraction of sp³-hybridized carbons (Fsp3) is 0.296. The van der Waals surface area contributed by atoms with Gasteiger partial charge in [-0.3, -0.25) is 9.59 Å². The van der Waals surface area contributed by atoms with E-state index in [1.54, 1.807) is 42.6 Å². The van der Waals surface area contributed by atoms with E-state index < -0.39 is 39.3 Å². The maximum Gasteiger partial charge on any atom is 0.318 e. The average molecular weight is 593 g/mol. The van der Waals surface area contributed by atoms with Crippen LogP contribution in [-0.2, 0) is 19.6 Å². The highest BCUT2D eigenvalue weighted by Crippen LogP contribution is 2.40. The van der Waals surface area contributed by atoms with Crippen molar-refractivity contribution in [2.45, 2.75) is 36.7 Å². The predicted octanol–water partition coefficient (Wildman–Crippen LogP) is 4.50. The van der Waals surface area contributed by atoms with E-state index in [0.717, 1.165) is 0 Å². The second-order valence-electron chi connectivity index (χ2n) is 9.36. The van der Waals surface area contributed by atoms with Crippen LogP contribution in [0.3, 0.4) is 0 Å². The second-order valence-corrected chi connectivity index (χ2v) is 11.9. The number of carboxylic acid groups (broad SMARTS) is 1. The Morgan fingerprint density at radius 3 is 2.38 bits per heavy atom. The number of hydrogen-bond acceptors (Lipinski definition) is 7. The Bertz CT molecular complexity index is 1470. The molecule has 3 atom stereocenters. The zero-order valence-corrected chi connectivity index (χ0v) is 23.5. The van der Waals surface area contributed by atoms with E-state index in [0.29, 0.717) is 36.4 Å². The summed E-state index contributed by atoms with van der Waals surface area (Å²) in [6.45, 7) is 1.80. The van der Waals surface area contributed by atoms with Crippen LogP contribution >= 0.6 is 23.2 Å². The van der Waals surface area contributed by atoms with Gasteiger partial charge in [0.1, 0.15) is 5.41 Å². The van der Waals surface area contributed by atoms with Gasteiger partial charge in [-0.25, -0.2) is 18.1 Å². The summed E-state index contributed by atoms with van der Waals surface area (Å²) >= 11 is 12.1. The molecule has 2 aromatic carbocycles. The summed E-state index contributed by atoms with van der Waals surface area (Å²) in [5.41, 5.74) is -0.503. The van der Waals surface area contributed by atoms with Gasteiger partial charge in [-0.2, -0.15) is 0 Å². The van der Waals surface area contributed by atoms with Gasteiger partial charge >= 0.3 is 5.97 Å². The van der Waals surface area contributed by atoms with Gasteiger partial charge in [0, 0.05) is 21.8 Å². The molecule has 0 bridgehead atoms. The number of nitrogens with zero attached hydrogens (tertiary/aromatic N) is 1. The number of hydrogen-bond donors (Lipinski definition) is 3. The molecule has 1 saturated heterocycles. The van der Waals surface area contributed by atoms with Crippen molar-refractivity contribution in [1.29, 1.82) is 0 Å². The number of benzene rings is 2. The molecule has 0 saturated carbocycles. The molecule has 9 nitrogen and oxygen atoms in total. The van der Waals surface area contributed by atoms with Gasteiger partial charge in [0.2, 0.25) is 15.9 Å². The zero-order valence-electron chi connectivity index (χ0n) is 21.1. The van der Waals surface area contributed by atoms with E-state index in [1.807, 2.05) is 0 Å². The van der Waals surface area contributed by atoms with Crippen molar-refractivity contribution in [3.63, 3.8) is 0 Å². The lowest BCUT2D eigenvalue weighted by Crippen LogP contribution is -2.54. The van der Waals surface area contributed by atoms with Crippen molar-refractivity contribution in [2.24, 2.45) is 5.41 Å². The van der Waals surface area contributed by atoms with Crippen molar-refractivity contribution >= 4 is 45.0 Å². The van der Waals surface area contributed by atoms with Crippen molar-refractivity contribution in [3.8, 4) is 17.0 Å². The van der Waals surface area contributed by atoms with Crippen molar-refractivity contribution in [3.05, 3.63) is 76.4 Å². The van der Waals surface area contributed by atoms with Gasteiger partial charge in [0.25, 0.3) is 0 Å². The summed E-state index contributed by atoms with van der Waals surface area (Å²) in [6.07, 6.45) is 2.74. The fourth-order valence-corrected chi connectivity index (χ4v) is 6.73. The highest BCUT2D eigenvalue weighted by atomic mass is 35.5. The number of carbonyl (C=O) groups is 2. The van der Waals surface area contributed by atoms with E-state index in [-0.39, 0.29) is 20.5 Å². The monoisotopic (exact) mass is 591 g/mol. The maximum atomic E-state index is 13.7. The summed E-state index contributed by atoms with van der Waals surface area (Å²) in [7, 11) is -2.89. The molecule has 1 fully saturated rings. The van der Waals surface area contributed by atoms with Crippen LogP contribution in [0.25, 0.3) is 11.1 Å². The lowest BCUT2D eigenvalue weighted by molar-refractivity contribution is -0.156. The van der Waals surface area contributed by atoms with E-state index in [1.165, 1.54) is 32.2 Å². The van der Waals surface area contributed by atoms with Gasteiger partial charge < -0.3 is 15.2 Å². The van der Waals surface area contributed by atoms with E-state index in [4.69, 9.17) is 27.9 Å². The van der Waals surface area contributed by atoms with Crippen LogP contribution in [0.4, 0.5) is 0 Å². The predicted molar refractivity (Wildman–Crippen MR) is 148 cm³/mol. The molecular weight excluding hydrogens is 565 g/mol. The molecule has 1 aliphatic heterocycles. The molecule has 0 spiro atoms. The van der Waals surface area contributed by atoms with Crippen LogP contribution in [0, 0.1) is 5.41 Å². The molecular formula is C27H27Cl2N3O6S. The molecule has 0 aliphatic carbocycles. The lowest BCUT2D eigenvalue weighted by atomic mass is 9.73. The van der Waals surface area contributed by atoms with Crippen LogP contribution in [-0.4, -0.2) is 50.0 Å². The standard InChI is InChI=1S/C27H27Cl2N3O6S/c1-27(26(34)35,24(33)22-6-4-11-30-22)23(32-39(36,37)20-14-18(28)13-19(29)15-20)17-9-7-16(8-10-17)21-5-3-12-31-25(21)38-2/h3,5,7-10,12-15,22-23,30,32H,4,6,11H2,1-2H3,(H,34,35)/t22?,23-,27+/m1/s1. The number of sulfonamides is 1. The molecule has 3 aromatic rings. The molecule has 1 unspecified atom stereocenters. The Morgan fingerprint density at radius 1 is 1.15 bits per heavy atom. The molecule has 1 aromatic heterocycles. The first-order valence-corrected chi connectivity index (χ1v) is 14.3. The number of halogens is 2. The molecule has 1 aliphatic rings. The lowest BCUT2D eigenvalue weighted by Gasteiger charge is -2.35. The molecule has 206 valence electrons. The summed E-state index contributed by atoms with van der Waals surface area (Å²) in [4.78, 5) is 30.4. The highest BCUT2D eigenvalue weighted by molar-refractivity contribution is 7.89. The molecule has 3 N–H and O–H groups in total. The van der Waals surface area contributed by atoms with Crippen molar-refractivity contribution in [1.82, 2.24) is 15.0 Å². The van der Waals surface area contributed by atoms with E-state index in [9.17, 15) is 23.1 Å². The number of Topliss-reactive ketones (excluding diaryl/α,β-unsaturated/α-hetero) is 1. The number of aromatic nitrogens is 1. The Kier molecular flexibility index (Phi) is 8.63. The minimum absolute atomic E-state index is 0.0847. The average Bonchev–Trinajstić information content (AvgIpc) is 3.45. The van der Waals surface area contributed by atoms with Gasteiger partial charge in [0.05, 0.1) is 24.1 Å². The van der Waals surface area contributed by atoms with Crippen LogP contribution in [0.1, 0.15) is 31.4 Å². The SMILES string of the molecule is COc1ncccc1-c1ccc([C@@H](NS(=O)(=O)c2cc(Cl)cc(Cl)c2)[C@](C)(C(=O)O)C(=O)C2CCCN2)cc1. The van der Waals surface area contributed by atoms with Crippen LogP contribution in [0.5, 0.6) is 5.88 Å². The summed E-state index contributed by atoms with van der Waals surface area (Å²) < 4.78 is 34.9. The quantitative estimate of drug-likeness (QED) is 0.293. The summed E-state index contributed by atoms with van der Waals surface area (Å²) in [6, 6.07) is 11.7. The van der Waals surface area contributed by atoms with Crippen LogP contribution in [0.2, 0.25) is 10.0 Å². The number of pyridine rings is 1. The number of carboxylic acids is 1. The summed E-state index contributed by atoms with van der Waals surface area (Å²) in [5.74, 6) is -1.70. The number of aliphatic carboxylic acids is 1. The molecule has 2 heterocycles. The number of nitrogens with one attached hydrogen (secondary N) is 2. The zero-order chi connectivity index (χ0) is 28.4. The number of ketones is 1. The highest BCUT2D eigenvalue weighted by Gasteiger charge is 2.52. The Morgan fingerprint density at radius 2 is 1.82 bits per heavy atom. The van der Waals surface area contributed by atoms with Gasteiger partial charge in [-0.1, -0.05) is 47.5 Å². The third-order valence-electron chi connectivity index (χ3n) is 6.85. The third kappa shape index (κ3) is 5.95. The van der Waals surface area contributed by atoms with Crippen molar-refractivity contribution in [2.75, 3.05) is 13.7 Å². The normalized spacial score (nSPS) is 17.8. The van der Waals surface area contributed by atoms with E-state index >= 15 is 0 Å². The largest absolute Gasteiger partial charge is 0.481 e. The molecule has 0 amide bonds. The number of rotatable bonds is 10. The second kappa shape index (κ2) is 11.6. The minimum Gasteiger partial charge on any atom is -0.481 e. The smallest absolute Gasteiger partial charge is 0.318 e. The molecule has 12 heteroatoms. The van der Waals surface area contributed by atoms with Crippen LogP contribution in [0.15, 0.2) is 65.7 Å². The molecule has 0 radical (unpaired) electrons. The fourth-order valence-electron chi connectivity index (χ4n) is 4.70. The number of ether oxygens (including phenoxy) is 1. The van der Waals surface area contributed by atoms with Gasteiger partial charge in [-0.05, 0) is 67.8 Å². The Hall–Kier alpha value is -3.02. The van der Waals surface area contributed by atoms with Crippen LogP contribution < -0.4 is 14.8 Å². The molecule has 39 heavy (non-hydrogen) atoms. The maximum absolute atomic E-state index is 13.7. The minimum atomic E-state index is -4.38. The van der Waals surface area contributed by atoms with Crippen molar-refractivity contribution < 1.29 is 27.9 Å². The number of methoxy groups -OCH3 is 1. The topological polar surface area (TPSA) is 135 Å². The first-order valence-electron chi connectivity index (χ1n) is 12.1. The summed E-state index contributed by atoms with van der Waals surface area (Å²) in [5, 5.41) is 13.6. The first kappa shape index (κ1) is 29.0. The van der Waals surface area contributed by atoms with E-state index in [2.05, 4.69) is 15.0 Å². The number of carbonyl (C=O) groups excluding carboxylic acids is 1.